The van der Waals surface area contributed by atoms with Gasteiger partial charge < -0.3 is 10.1 Å². The lowest BCUT2D eigenvalue weighted by molar-refractivity contribution is -0.127. The van der Waals surface area contributed by atoms with Gasteiger partial charge in [-0.1, -0.05) is 29.8 Å². The first-order chi connectivity index (χ1) is 16.7. The molecule has 1 saturated heterocycles. The number of hydrogen-bond donors (Lipinski definition) is 1. The molecular weight excluding hydrogens is 518 g/mol. The minimum Gasteiger partial charge on any atom is -0.436 e. The fourth-order valence-corrected chi connectivity index (χ4v) is 4.17. The normalized spacial score (nSPS) is 14.5. The molecule has 1 aliphatic heterocycles. The molecule has 0 bridgehead atoms. The molecule has 4 rings (SSSR count). The minimum atomic E-state index is -0.799. The van der Waals surface area contributed by atoms with Gasteiger partial charge in [-0.2, -0.15) is 9.37 Å². The van der Waals surface area contributed by atoms with Crippen LogP contribution in [0.5, 0.6) is 11.6 Å². The fraction of sp³-hybridized carbons (Fsp3) is 0.0870. The van der Waals surface area contributed by atoms with E-state index in [1.807, 2.05) is 0 Å². The average molecular weight is 533 g/mol. The van der Waals surface area contributed by atoms with Crippen LogP contribution in [0.25, 0.3) is 6.08 Å². The Morgan fingerprint density at radius 2 is 2.03 bits per heavy atom. The van der Waals surface area contributed by atoms with E-state index in [1.165, 1.54) is 12.1 Å². The van der Waals surface area contributed by atoms with Crippen LogP contribution in [0.1, 0.15) is 11.1 Å². The van der Waals surface area contributed by atoms with E-state index in [9.17, 15) is 18.8 Å². The molecule has 1 fully saturated rings. The van der Waals surface area contributed by atoms with Gasteiger partial charge in [-0.3, -0.25) is 19.3 Å². The van der Waals surface area contributed by atoms with E-state index in [4.69, 9.17) is 27.9 Å². The third-order valence-electron chi connectivity index (χ3n) is 4.70. The summed E-state index contributed by atoms with van der Waals surface area (Å²) < 4.78 is 19.3. The van der Waals surface area contributed by atoms with Gasteiger partial charge in [0.2, 0.25) is 17.0 Å². The number of ether oxygens (including phenoxy) is 1. The molecule has 0 aliphatic carbocycles. The summed E-state index contributed by atoms with van der Waals surface area (Å²) in [5.41, 5.74) is 1.78. The molecule has 0 unspecified atom stereocenters. The van der Waals surface area contributed by atoms with Crippen LogP contribution >= 0.6 is 35.0 Å². The third kappa shape index (κ3) is 5.97. The van der Waals surface area contributed by atoms with Crippen molar-refractivity contribution in [3.05, 3.63) is 80.8 Å². The van der Waals surface area contributed by atoms with Crippen molar-refractivity contribution in [1.82, 2.24) is 14.9 Å². The van der Waals surface area contributed by atoms with Gasteiger partial charge in [-0.05, 0) is 71.8 Å². The third-order valence-corrected chi connectivity index (χ3v) is 6.03. The molecule has 2 heterocycles. The Bertz CT molecular complexity index is 1390. The number of carbonyl (C=O) groups is 3. The number of amides is 3. The number of benzene rings is 2. The van der Waals surface area contributed by atoms with E-state index in [2.05, 4.69) is 15.3 Å². The van der Waals surface area contributed by atoms with E-state index in [0.717, 1.165) is 16.7 Å². The molecular formula is C23H15Cl2FN4O4S. The second kappa shape index (κ2) is 10.4. The minimum absolute atomic E-state index is 0.121. The first-order valence-electron chi connectivity index (χ1n) is 9.97. The van der Waals surface area contributed by atoms with Crippen molar-refractivity contribution in [3.8, 4) is 11.6 Å². The Morgan fingerprint density at radius 3 is 2.83 bits per heavy atom. The highest BCUT2D eigenvalue weighted by Crippen LogP contribution is 2.33. The van der Waals surface area contributed by atoms with Gasteiger partial charge in [0.05, 0.1) is 11.1 Å². The first kappa shape index (κ1) is 24.6. The van der Waals surface area contributed by atoms with Crippen LogP contribution in [-0.2, 0) is 9.59 Å². The van der Waals surface area contributed by atoms with Crippen molar-refractivity contribution in [3.63, 3.8) is 0 Å². The number of nitrogens with zero attached hydrogens (tertiary/aromatic N) is 3. The van der Waals surface area contributed by atoms with Gasteiger partial charge in [0.15, 0.2) is 0 Å². The topological polar surface area (TPSA) is 101 Å². The summed E-state index contributed by atoms with van der Waals surface area (Å²) in [5, 5.41) is 2.34. The Balaban J connectivity index is 1.46. The number of halogens is 3. The molecule has 8 nitrogen and oxygen atoms in total. The van der Waals surface area contributed by atoms with Crippen molar-refractivity contribution in [2.45, 2.75) is 6.92 Å². The molecule has 1 aromatic heterocycles. The van der Waals surface area contributed by atoms with Crippen LogP contribution in [0.3, 0.4) is 0 Å². The zero-order chi connectivity index (χ0) is 25.1. The monoisotopic (exact) mass is 532 g/mol. The molecule has 1 aliphatic rings. The lowest BCUT2D eigenvalue weighted by Gasteiger charge is -2.13. The van der Waals surface area contributed by atoms with Crippen molar-refractivity contribution in [2.24, 2.45) is 0 Å². The number of rotatable bonds is 6. The Kier molecular flexibility index (Phi) is 7.34. The lowest BCUT2D eigenvalue weighted by atomic mass is 10.2. The quantitative estimate of drug-likeness (QED) is 0.321. The molecule has 12 heteroatoms. The van der Waals surface area contributed by atoms with Crippen LogP contribution in [0.15, 0.2) is 53.6 Å². The van der Waals surface area contributed by atoms with Crippen LogP contribution in [0.4, 0.5) is 14.9 Å². The highest BCUT2D eigenvalue weighted by Gasteiger charge is 2.36. The second-order valence-corrected chi connectivity index (χ2v) is 9.01. The number of nitrogens with one attached hydrogen (secondary N) is 1. The van der Waals surface area contributed by atoms with Crippen molar-refractivity contribution >= 4 is 63.8 Å². The molecule has 1 N–H and O–H groups in total. The standard InChI is InChI=1S/C23H15Cl2FN4O4S/c1-12-5-6-14(24)9-17(12)28-19(31)11-30-21(32)18(35-23(30)33)8-13-3-2-4-15(7-13)34-20-16(26)10-27-22(25)29-20/h2-10H,11H2,1H3,(H,28,31)/b18-8+. The van der Waals surface area contributed by atoms with Crippen LogP contribution < -0.4 is 10.1 Å². The number of carbonyl (C=O) groups excluding carboxylic acids is 3. The van der Waals surface area contributed by atoms with Crippen molar-refractivity contribution < 1.29 is 23.5 Å². The van der Waals surface area contributed by atoms with Gasteiger partial charge in [-0.25, -0.2) is 4.98 Å². The number of aryl methyl sites for hydroxylation is 1. The van der Waals surface area contributed by atoms with Crippen molar-refractivity contribution in [1.29, 1.82) is 0 Å². The summed E-state index contributed by atoms with van der Waals surface area (Å²) in [4.78, 5) is 45.8. The average Bonchev–Trinajstić information content (AvgIpc) is 3.06. The van der Waals surface area contributed by atoms with E-state index >= 15 is 0 Å². The van der Waals surface area contributed by atoms with E-state index < -0.39 is 29.4 Å². The summed E-state index contributed by atoms with van der Waals surface area (Å²) in [6.45, 7) is 1.34. The summed E-state index contributed by atoms with van der Waals surface area (Å²) in [5.74, 6) is -2.09. The molecule has 0 saturated carbocycles. The van der Waals surface area contributed by atoms with E-state index in [-0.39, 0.29) is 21.8 Å². The number of aromatic nitrogens is 2. The number of anilines is 1. The predicted molar refractivity (Wildman–Crippen MR) is 131 cm³/mol. The zero-order valence-corrected chi connectivity index (χ0v) is 20.2. The fourth-order valence-electron chi connectivity index (χ4n) is 3.03. The molecule has 0 atom stereocenters. The molecule has 35 heavy (non-hydrogen) atoms. The highest BCUT2D eigenvalue weighted by molar-refractivity contribution is 8.18. The van der Waals surface area contributed by atoms with Gasteiger partial charge in [0, 0.05) is 10.7 Å². The Morgan fingerprint density at radius 1 is 1.23 bits per heavy atom. The molecule has 2 aromatic carbocycles. The maximum absolute atomic E-state index is 13.9. The SMILES string of the molecule is Cc1ccc(Cl)cc1NC(=O)CN1C(=O)S/C(=C/c2cccc(Oc3nc(Cl)ncc3F)c2)C1=O. The zero-order valence-electron chi connectivity index (χ0n) is 17.9. The van der Waals surface area contributed by atoms with Crippen LogP contribution in [0.2, 0.25) is 10.3 Å². The number of thioether (sulfide) groups is 1. The van der Waals surface area contributed by atoms with Crippen LogP contribution in [-0.4, -0.2) is 38.5 Å². The molecule has 0 radical (unpaired) electrons. The van der Waals surface area contributed by atoms with Crippen molar-refractivity contribution in [2.75, 3.05) is 11.9 Å². The molecule has 3 amide bonds. The van der Waals surface area contributed by atoms with Gasteiger partial charge in [0.25, 0.3) is 17.0 Å². The van der Waals surface area contributed by atoms with Gasteiger partial charge >= 0.3 is 0 Å². The smallest absolute Gasteiger partial charge is 0.294 e. The summed E-state index contributed by atoms with van der Waals surface area (Å²) in [6, 6.07) is 11.4. The summed E-state index contributed by atoms with van der Waals surface area (Å²) in [7, 11) is 0. The van der Waals surface area contributed by atoms with Gasteiger partial charge in [0.1, 0.15) is 12.3 Å². The molecule has 0 spiro atoms. The van der Waals surface area contributed by atoms with E-state index in [1.54, 1.807) is 43.3 Å². The lowest BCUT2D eigenvalue weighted by Crippen LogP contribution is -2.36. The number of imide groups is 1. The summed E-state index contributed by atoms with van der Waals surface area (Å²) in [6.07, 6.45) is 2.36. The Hall–Kier alpha value is -3.47. The molecule has 178 valence electrons. The predicted octanol–water partition coefficient (Wildman–Crippen LogP) is 5.70. The second-order valence-electron chi connectivity index (χ2n) is 7.24. The largest absolute Gasteiger partial charge is 0.436 e. The maximum atomic E-state index is 13.9. The van der Waals surface area contributed by atoms with Crippen LogP contribution in [0, 0.1) is 12.7 Å². The van der Waals surface area contributed by atoms with E-state index in [0.29, 0.717) is 28.0 Å². The van der Waals surface area contributed by atoms with Gasteiger partial charge in [-0.15, -0.1) is 0 Å². The summed E-state index contributed by atoms with van der Waals surface area (Å²) >= 11 is 12.3. The highest BCUT2D eigenvalue weighted by atomic mass is 35.5. The number of hydrogen-bond acceptors (Lipinski definition) is 7. The Labute approximate surface area is 213 Å². The maximum Gasteiger partial charge on any atom is 0.294 e. The first-order valence-corrected chi connectivity index (χ1v) is 11.5. The molecule has 3 aromatic rings.